The van der Waals surface area contributed by atoms with Crippen molar-refractivity contribution in [3.05, 3.63) is 126 Å². The van der Waals surface area contributed by atoms with Crippen LogP contribution in [-0.2, 0) is 12.8 Å². The summed E-state index contributed by atoms with van der Waals surface area (Å²) in [7, 11) is 0. The fourth-order valence-electron chi connectivity index (χ4n) is 7.75. The second kappa shape index (κ2) is 12.9. The van der Waals surface area contributed by atoms with Gasteiger partial charge in [0.1, 0.15) is 10.8 Å². The molecule has 0 radical (unpaired) electrons. The van der Waals surface area contributed by atoms with Crippen LogP contribution in [0.3, 0.4) is 0 Å². The number of hydrogen-bond acceptors (Lipinski definition) is 6. The standard InChI is InChI=1S/C44H39N7S/c1-26(2)19-29-11-10-12-30(20-27(3)4)42(29)44-49-48-43-34-22-39(28(5)21-33(34)31-13-6-7-14-36(31)51(43)44)52-41-23-37-35(24-47-41)32-16-18-45-25-38(32)50(37)40-15-8-9-17-46-40/h6-18,21-27H,19-20H2,1-5H3. The number of para-hydroxylation sites is 1. The van der Waals surface area contributed by atoms with Crippen molar-refractivity contribution in [3.8, 4) is 17.2 Å². The number of nitrogens with zero attached hydrogens (tertiary/aromatic N) is 7. The van der Waals surface area contributed by atoms with Crippen molar-refractivity contribution < 1.29 is 0 Å². The molecule has 9 aromatic rings. The molecule has 0 saturated heterocycles. The van der Waals surface area contributed by atoms with E-state index in [9.17, 15) is 0 Å². The average molecular weight is 698 g/mol. The molecule has 9 rings (SSSR count). The Labute approximate surface area is 306 Å². The zero-order chi connectivity index (χ0) is 35.5. The number of pyridine rings is 4. The van der Waals surface area contributed by atoms with Crippen LogP contribution in [0.2, 0.25) is 0 Å². The van der Waals surface area contributed by atoms with E-state index in [1.54, 1.807) is 11.8 Å². The van der Waals surface area contributed by atoms with Crippen molar-refractivity contribution in [2.24, 2.45) is 11.8 Å². The molecule has 0 atom stereocenters. The molecule has 0 bridgehead atoms. The Morgan fingerprint density at radius 1 is 0.635 bits per heavy atom. The summed E-state index contributed by atoms with van der Waals surface area (Å²) in [6.45, 7) is 11.3. The summed E-state index contributed by atoms with van der Waals surface area (Å²) < 4.78 is 4.48. The van der Waals surface area contributed by atoms with Gasteiger partial charge in [0.2, 0.25) is 0 Å². The van der Waals surface area contributed by atoms with Gasteiger partial charge in [-0.05, 0) is 96.1 Å². The van der Waals surface area contributed by atoms with Crippen molar-refractivity contribution in [1.29, 1.82) is 0 Å². The van der Waals surface area contributed by atoms with Gasteiger partial charge in [-0.25, -0.2) is 9.97 Å². The van der Waals surface area contributed by atoms with E-state index >= 15 is 0 Å². The largest absolute Gasteiger partial charge is 0.292 e. The van der Waals surface area contributed by atoms with Crippen LogP contribution in [0, 0.1) is 18.8 Å². The highest BCUT2D eigenvalue weighted by Crippen LogP contribution is 2.40. The van der Waals surface area contributed by atoms with E-state index in [0.717, 1.165) is 72.8 Å². The summed E-state index contributed by atoms with van der Waals surface area (Å²) in [4.78, 5) is 15.2. The third-order valence-corrected chi connectivity index (χ3v) is 11.0. The molecular formula is C44H39N7S. The minimum Gasteiger partial charge on any atom is -0.292 e. The highest BCUT2D eigenvalue weighted by atomic mass is 32.2. The van der Waals surface area contributed by atoms with E-state index in [1.807, 2.05) is 43.0 Å². The molecule has 0 amide bonds. The van der Waals surface area contributed by atoms with Crippen LogP contribution in [0.1, 0.15) is 44.4 Å². The summed E-state index contributed by atoms with van der Waals surface area (Å²) in [5, 5.41) is 16.5. The lowest BCUT2D eigenvalue weighted by Gasteiger charge is -2.18. The molecule has 0 saturated carbocycles. The first kappa shape index (κ1) is 32.3. The Morgan fingerprint density at radius 3 is 2.17 bits per heavy atom. The molecule has 6 heterocycles. The van der Waals surface area contributed by atoms with Crippen LogP contribution in [0.15, 0.2) is 120 Å². The Balaban J connectivity index is 1.24. The second-order valence-corrected chi connectivity index (χ2v) is 15.6. The van der Waals surface area contributed by atoms with Crippen LogP contribution in [0.4, 0.5) is 0 Å². The topological polar surface area (TPSA) is 73.8 Å². The summed E-state index contributed by atoms with van der Waals surface area (Å²) in [5.41, 5.74) is 9.09. The highest BCUT2D eigenvalue weighted by Gasteiger charge is 2.22. The maximum absolute atomic E-state index is 5.01. The average Bonchev–Trinajstić information content (AvgIpc) is 3.72. The predicted molar refractivity (Wildman–Crippen MR) is 214 cm³/mol. The van der Waals surface area contributed by atoms with Crippen LogP contribution in [0.25, 0.3) is 66.3 Å². The van der Waals surface area contributed by atoms with E-state index in [-0.39, 0.29) is 0 Å². The fraction of sp³-hybridized carbons (Fsp3) is 0.205. The summed E-state index contributed by atoms with van der Waals surface area (Å²) >= 11 is 1.68. The van der Waals surface area contributed by atoms with Crippen molar-refractivity contribution in [2.75, 3.05) is 0 Å². The lowest BCUT2D eigenvalue weighted by Crippen LogP contribution is -2.05. The van der Waals surface area contributed by atoms with Crippen LogP contribution < -0.4 is 0 Å². The van der Waals surface area contributed by atoms with E-state index in [0.29, 0.717) is 11.8 Å². The maximum atomic E-state index is 5.01. The predicted octanol–water partition coefficient (Wildman–Crippen LogP) is 10.8. The molecule has 0 unspecified atom stereocenters. The van der Waals surface area contributed by atoms with E-state index in [4.69, 9.17) is 20.2 Å². The first-order valence-electron chi connectivity index (χ1n) is 18.0. The zero-order valence-corrected chi connectivity index (χ0v) is 30.8. The molecule has 0 N–H and O–H groups in total. The molecule has 6 aromatic heterocycles. The Hall–Kier alpha value is -5.60. The maximum Gasteiger partial charge on any atom is 0.169 e. The van der Waals surface area contributed by atoms with E-state index in [2.05, 4.69) is 115 Å². The molecule has 8 heteroatoms. The molecule has 0 aliphatic rings. The molecule has 0 spiro atoms. The third-order valence-electron chi connectivity index (χ3n) is 9.89. The quantitative estimate of drug-likeness (QED) is 0.147. The Kier molecular flexibility index (Phi) is 8.00. The Morgan fingerprint density at radius 2 is 1.40 bits per heavy atom. The van der Waals surface area contributed by atoms with E-state index in [1.165, 1.54) is 33.0 Å². The van der Waals surface area contributed by atoms with Gasteiger partial charge in [0, 0.05) is 50.6 Å². The van der Waals surface area contributed by atoms with Gasteiger partial charge in [0.25, 0.3) is 0 Å². The second-order valence-electron chi connectivity index (χ2n) is 14.6. The molecule has 0 aliphatic carbocycles. The number of hydrogen-bond donors (Lipinski definition) is 0. The van der Waals surface area contributed by atoms with Gasteiger partial charge in [-0.15, -0.1) is 10.2 Å². The van der Waals surface area contributed by atoms with Crippen molar-refractivity contribution in [3.63, 3.8) is 0 Å². The number of benzene rings is 3. The Bertz CT molecular complexity index is 2770. The third kappa shape index (κ3) is 5.40. The molecule has 0 fully saturated rings. The van der Waals surface area contributed by atoms with Crippen molar-refractivity contribution >= 4 is 60.9 Å². The SMILES string of the molecule is Cc1cc2c3ccccc3n3c(-c4c(CC(C)C)cccc4CC(C)C)nnc3c2cc1Sc1cc2c(cn1)c1ccncc1n2-c1ccccn1. The normalized spacial score (nSPS) is 12.1. The summed E-state index contributed by atoms with van der Waals surface area (Å²) in [6.07, 6.45) is 9.51. The molecular weight excluding hydrogens is 659 g/mol. The minimum atomic E-state index is 0.516. The molecule has 0 aliphatic heterocycles. The van der Waals surface area contributed by atoms with Crippen molar-refractivity contribution in [2.45, 2.75) is 57.4 Å². The van der Waals surface area contributed by atoms with Gasteiger partial charge in [0.05, 0.1) is 22.7 Å². The molecule has 52 heavy (non-hydrogen) atoms. The molecule has 3 aromatic carbocycles. The number of fused-ring (bicyclic) bond motifs is 9. The minimum absolute atomic E-state index is 0.516. The number of rotatable bonds is 8. The van der Waals surface area contributed by atoms with Gasteiger partial charge >= 0.3 is 0 Å². The zero-order valence-electron chi connectivity index (χ0n) is 30.0. The number of aromatic nitrogens is 7. The highest BCUT2D eigenvalue weighted by molar-refractivity contribution is 7.99. The number of aryl methyl sites for hydroxylation is 1. The monoisotopic (exact) mass is 697 g/mol. The lowest BCUT2D eigenvalue weighted by atomic mass is 9.90. The fourth-order valence-corrected chi connectivity index (χ4v) is 8.65. The molecule has 256 valence electrons. The van der Waals surface area contributed by atoms with Crippen molar-refractivity contribution in [1.82, 2.24) is 34.1 Å². The summed E-state index contributed by atoms with van der Waals surface area (Å²) in [6, 6.07) is 30.2. The smallest absolute Gasteiger partial charge is 0.169 e. The molecule has 7 nitrogen and oxygen atoms in total. The lowest BCUT2D eigenvalue weighted by molar-refractivity contribution is 0.637. The van der Waals surface area contributed by atoms with Crippen LogP contribution in [0.5, 0.6) is 0 Å². The van der Waals surface area contributed by atoms with Gasteiger partial charge in [-0.1, -0.05) is 81.9 Å². The van der Waals surface area contributed by atoms with E-state index < -0.39 is 0 Å². The first-order valence-corrected chi connectivity index (χ1v) is 18.8. The van der Waals surface area contributed by atoms with Crippen LogP contribution in [-0.4, -0.2) is 34.1 Å². The van der Waals surface area contributed by atoms with Gasteiger partial charge < -0.3 is 0 Å². The van der Waals surface area contributed by atoms with Gasteiger partial charge in [-0.2, -0.15) is 0 Å². The summed E-state index contributed by atoms with van der Waals surface area (Å²) in [5.74, 6) is 2.80. The first-order chi connectivity index (χ1) is 25.4. The van der Waals surface area contributed by atoms with Gasteiger partial charge in [-0.3, -0.25) is 14.0 Å². The van der Waals surface area contributed by atoms with Gasteiger partial charge in [0.15, 0.2) is 11.5 Å². The van der Waals surface area contributed by atoms with Crippen LogP contribution >= 0.6 is 11.8 Å².